The van der Waals surface area contributed by atoms with Gasteiger partial charge < -0.3 is 15.6 Å². The molecule has 0 spiro atoms. The highest BCUT2D eigenvalue weighted by atomic mass is 19.1. The van der Waals surface area contributed by atoms with Crippen molar-refractivity contribution in [1.29, 1.82) is 0 Å². The molecule has 1 amide bonds. The third kappa shape index (κ3) is 2.48. The summed E-state index contributed by atoms with van der Waals surface area (Å²) in [5, 5.41) is 5.34. The lowest BCUT2D eigenvalue weighted by atomic mass is 10.1. The molecule has 0 saturated heterocycles. The monoisotopic (exact) mass is 248 g/mol. The molecule has 0 bridgehead atoms. The predicted molar refractivity (Wildman–Crippen MR) is 65.7 cm³/mol. The highest BCUT2D eigenvalue weighted by molar-refractivity contribution is 5.99. The lowest BCUT2D eigenvalue weighted by Crippen LogP contribution is -2.24. The maximum atomic E-state index is 13.5. The normalized spacial score (nSPS) is 10.1. The van der Waals surface area contributed by atoms with Crippen LogP contribution in [-0.4, -0.2) is 22.9 Å². The van der Waals surface area contributed by atoms with E-state index in [1.807, 2.05) is 0 Å². The lowest BCUT2D eigenvalue weighted by Gasteiger charge is -2.09. The van der Waals surface area contributed by atoms with Gasteiger partial charge in [-0.15, -0.1) is 0 Å². The number of hydrogen-bond acceptors (Lipinski definition) is 3. The van der Waals surface area contributed by atoms with Crippen molar-refractivity contribution in [2.75, 3.05) is 12.4 Å². The highest BCUT2D eigenvalue weighted by Crippen LogP contribution is 2.18. The Morgan fingerprint density at radius 1 is 1.50 bits per heavy atom. The first kappa shape index (κ1) is 12.1. The standard InChI is InChI=1S/C12H13FN4O/c1-14-11-8(3-2-4-9(11)13)12(18)17-7-10-15-5-6-16-10/h2-6,14H,7H2,1H3,(H,15,16)(H,17,18). The van der Waals surface area contributed by atoms with Crippen LogP contribution in [-0.2, 0) is 6.54 Å². The SMILES string of the molecule is CNc1c(F)cccc1C(=O)NCc1ncc[nH]1. The molecule has 1 aromatic heterocycles. The number of nitrogens with zero attached hydrogens (tertiary/aromatic N) is 1. The summed E-state index contributed by atoms with van der Waals surface area (Å²) < 4.78 is 13.5. The van der Waals surface area contributed by atoms with E-state index in [9.17, 15) is 9.18 Å². The minimum absolute atomic E-state index is 0.189. The van der Waals surface area contributed by atoms with Gasteiger partial charge >= 0.3 is 0 Å². The van der Waals surface area contributed by atoms with Crippen molar-refractivity contribution in [3.63, 3.8) is 0 Å². The summed E-state index contributed by atoms with van der Waals surface area (Å²) >= 11 is 0. The Bertz CT molecular complexity index is 539. The molecule has 3 N–H and O–H groups in total. The second-order valence-corrected chi connectivity index (χ2v) is 3.63. The van der Waals surface area contributed by atoms with Crippen LogP contribution in [0.3, 0.4) is 0 Å². The Hall–Kier alpha value is -2.37. The van der Waals surface area contributed by atoms with Gasteiger partial charge in [-0.25, -0.2) is 9.37 Å². The molecule has 1 aromatic carbocycles. The Morgan fingerprint density at radius 3 is 3.00 bits per heavy atom. The van der Waals surface area contributed by atoms with E-state index in [4.69, 9.17) is 0 Å². The van der Waals surface area contributed by atoms with Crippen LogP contribution in [0.5, 0.6) is 0 Å². The number of anilines is 1. The number of aromatic amines is 1. The average molecular weight is 248 g/mol. The summed E-state index contributed by atoms with van der Waals surface area (Å²) in [6.07, 6.45) is 3.27. The zero-order valence-corrected chi connectivity index (χ0v) is 9.83. The van der Waals surface area contributed by atoms with Crippen LogP contribution < -0.4 is 10.6 Å². The van der Waals surface area contributed by atoms with Gasteiger partial charge in [-0.05, 0) is 12.1 Å². The molecule has 2 aromatic rings. The molecule has 2 rings (SSSR count). The first-order chi connectivity index (χ1) is 8.72. The summed E-state index contributed by atoms with van der Waals surface area (Å²) in [6.45, 7) is 0.269. The maximum absolute atomic E-state index is 13.5. The average Bonchev–Trinajstić information content (AvgIpc) is 2.88. The maximum Gasteiger partial charge on any atom is 0.253 e. The summed E-state index contributed by atoms with van der Waals surface area (Å²) in [4.78, 5) is 18.8. The first-order valence-corrected chi connectivity index (χ1v) is 5.45. The van der Waals surface area contributed by atoms with Crippen LogP contribution in [0.2, 0.25) is 0 Å². The van der Waals surface area contributed by atoms with Crippen LogP contribution >= 0.6 is 0 Å². The molecule has 6 heteroatoms. The molecular weight excluding hydrogens is 235 g/mol. The fourth-order valence-corrected chi connectivity index (χ4v) is 1.62. The van der Waals surface area contributed by atoms with Crippen molar-refractivity contribution in [1.82, 2.24) is 15.3 Å². The van der Waals surface area contributed by atoms with E-state index in [1.54, 1.807) is 25.5 Å². The van der Waals surface area contributed by atoms with E-state index in [-0.39, 0.29) is 23.7 Å². The number of benzene rings is 1. The summed E-state index contributed by atoms with van der Waals surface area (Å²) in [7, 11) is 1.57. The minimum atomic E-state index is -0.455. The van der Waals surface area contributed by atoms with Crippen LogP contribution in [0.1, 0.15) is 16.2 Å². The van der Waals surface area contributed by atoms with Crippen LogP contribution in [0, 0.1) is 5.82 Å². The smallest absolute Gasteiger partial charge is 0.253 e. The number of hydrogen-bond donors (Lipinski definition) is 3. The number of halogens is 1. The molecule has 0 aliphatic carbocycles. The molecule has 0 unspecified atom stereocenters. The van der Waals surface area contributed by atoms with E-state index < -0.39 is 5.82 Å². The number of carbonyl (C=O) groups excluding carboxylic acids is 1. The third-order valence-corrected chi connectivity index (χ3v) is 2.48. The molecule has 0 saturated carbocycles. The van der Waals surface area contributed by atoms with Crippen molar-refractivity contribution < 1.29 is 9.18 Å². The molecule has 1 heterocycles. The van der Waals surface area contributed by atoms with E-state index in [2.05, 4.69) is 20.6 Å². The number of imidazole rings is 1. The van der Waals surface area contributed by atoms with Gasteiger partial charge in [-0.2, -0.15) is 0 Å². The quantitative estimate of drug-likeness (QED) is 0.768. The third-order valence-electron chi connectivity index (χ3n) is 2.48. The van der Waals surface area contributed by atoms with Crippen molar-refractivity contribution in [3.8, 4) is 0 Å². The van der Waals surface area contributed by atoms with Gasteiger partial charge in [-0.3, -0.25) is 4.79 Å². The number of rotatable bonds is 4. The number of para-hydroxylation sites is 1. The lowest BCUT2D eigenvalue weighted by molar-refractivity contribution is 0.0950. The minimum Gasteiger partial charge on any atom is -0.385 e. The predicted octanol–water partition coefficient (Wildman–Crippen LogP) is 1.52. The van der Waals surface area contributed by atoms with E-state index in [1.165, 1.54) is 12.1 Å². The molecule has 0 radical (unpaired) electrons. The van der Waals surface area contributed by atoms with Crippen LogP contribution in [0.25, 0.3) is 0 Å². The van der Waals surface area contributed by atoms with Gasteiger partial charge in [0.05, 0.1) is 17.8 Å². The van der Waals surface area contributed by atoms with Gasteiger partial charge in [-0.1, -0.05) is 6.07 Å². The molecule has 94 valence electrons. The molecule has 5 nitrogen and oxygen atoms in total. The van der Waals surface area contributed by atoms with E-state index in [0.717, 1.165) is 0 Å². The van der Waals surface area contributed by atoms with E-state index >= 15 is 0 Å². The molecule has 18 heavy (non-hydrogen) atoms. The van der Waals surface area contributed by atoms with Gasteiger partial charge in [0, 0.05) is 19.4 Å². The van der Waals surface area contributed by atoms with Crippen LogP contribution in [0.4, 0.5) is 10.1 Å². The second kappa shape index (κ2) is 5.31. The fourth-order valence-electron chi connectivity index (χ4n) is 1.62. The Balaban J connectivity index is 2.11. The summed E-state index contributed by atoms with van der Waals surface area (Å²) in [6, 6.07) is 4.36. The summed E-state index contributed by atoms with van der Waals surface area (Å²) in [5.74, 6) is -0.163. The zero-order valence-electron chi connectivity index (χ0n) is 9.83. The van der Waals surface area contributed by atoms with Gasteiger partial charge in [0.25, 0.3) is 5.91 Å². The van der Waals surface area contributed by atoms with Crippen molar-refractivity contribution in [2.45, 2.75) is 6.54 Å². The number of aromatic nitrogens is 2. The Morgan fingerprint density at radius 2 is 2.33 bits per heavy atom. The molecular formula is C12H13FN4O. The van der Waals surface area contributed by atoms with E-state index in [0.29, 0.717) is 5.82 Å². The molecule has 0 fully saturated rings. The zero-order chi connectivity index (χ0) is 13.0. The van der Waals surface area contributed by atoms with Crippen molar-refractivity contribution in [2.24, 2.45) is 0 Å². The second-order valence-electron chi connectivity index (χ2n) is 3.63. The molecule has 0 aliphatic rings. The summed E-state index contributed by atoms with van der Waals surface area (Å²) in [5.41, 5.74) is 0.457. The molecule has 0 atom stereocenters. The topological polar surface area (TPSA) is 69.8 Å². The fraction of sp³-hybridized carbons (Fsp3) is 0.167. The van der Waals surface area contributed by atoms with Gasteiger partial charge in [0.1, 0.15) is 11.6 Å². The number of carbonyl (C=O) groups is 1. The van der Waals surface area contributed by atoms with Crippen molar-refractivity contribution >= 4 is 11.6 Å². The van der Waals surface area contributed by atoms with Gasteiger partial charge in [0.15, 0.2) is 0 Å². The van der Waals surface area contributed by atoms with Crippen LogP contribution in [0.15, 0.2) is 30.6 Å². The Kier molecular flexibility index (Phi) is 3.57. The van der Waals surface area contributed by atoms with Gasteiger partial charge in [0.2, 0.25) is 0 Å². The molecule has 0 aliphatic heterocycles. The number of nitrogens with one attached hydrogen (secondary N) is 3. The number of amides is 1. The first-order valence-electron chi connectivity index (χ1n) is 5.45. The largest absolute Gasteiger partial charge is 0.385 e. The highest BCUT2D eigenvalue weighted by Gasteiger charge is 2.13. The number of H-pyrrole nitrogens is 1. The van der Waals surface area contributed by atoms with Crippen molar-refractivity contribution in [3.05, 3.63) is 47.8 Å². The Labute approximate surface area is 103 Å².